The van der Waals surface area contributed by atoms with Crippen LogP contribution in [0.1, 0.15) is 25.0 Å². The van der Waals surface area contributed by atoms with Crippen LogP contribution in [-0.4, -0.2) is 18.0 Å². The summed E-state index contributed by atoms with van der Waals surface area (Å²) in [5, 5.41) is 17.9. The lowest BCUT2D eigenvalue weighted by Crippen LogP contribution is -2.17. The maximum Gasteiger partial charge on any atom is 0.227 e. The Morgan fingerprint density at radius 2 is 2.00 bits per heavy atom. The Kier molecular flexibility index (Phi) is 3.35. The lowest BCUT2D eigenvalue weighted by Gasteiger charge is -2.07. The van der Waals surface area contributed by atoms with E-state index in [1.807, 2.05) is 13.8 Å². The van der Waals surface area contributed by atoms with E-state index in [0.717, 1.165) is 5.56 Å². The zero-order valence-corrected chi connectivity index (χ0v) is 10.8. The van der Waals surface area contributed by atoms with Crippen molar-refractivity contribution in [3.63, 3.8) is 0 Å². The summed E-state index contributed by atoms with van der Waals surface area (Å²) in [7, 11) is 0. The molecule has 0 spiro atoms. The predicted octanol–water partition coefficient (Wildman–Crippen LogP) is 2.67. The summed E-state index contributed by atoms with van der Waals surface area (Å²) < 4.78 is 5.45. The molecule has 1 heterocycles. The van der Waals surface area contributed by atoms with E-state index in [2.05, 4.69) is 17.1 Å². The highest BCUT2D eigenvalue weighted by atomic mass is 16.5. The molecule has 0 N–H and O–H groups in total. The van der Waals surface area contributed by atoms with E-state index in [9.17, 15) is 5.26 Å². The molecule has 0 aliphatic carbocycles. The van der Waals surface area contributed by atoms with Gasteiger partial charge in [0.1, 0.15) is 18.2 Å². The highest BCUT2D eigenvalue weighted by molar-refractivity contribution is 6.02. The fourth-order valence-corrected chi connectivity index (χ4v) is 1.68. The average molecular weight is 251 g/mol. The fourth-order valence-electron chi connectivity index (χ4n) is 1.68. The van der Waals surface area contributed by atoms with Crippen LogP contribution in [0.25, 0.3) is 6.08 Å². The molecule has 1 aliphatic rings. The van der Waals surface area contributed by atoms with E-state index in [1.165, 1.54) is 0 Å². The second-order valence-corrected chi connectivity index (χ2v) is 4.92. The number of hydrogen-bond donors (Lipinski definition) is 0. The minimum atomic E-state index is -0.282. The van der Waals surface area contributed by atoms with Crippen LogP contribution in [0, 0.1) is 22.7 Å². The molecule has 0 radical (unpaired) electrons. The normalized spacial score (nSPS) is 17.1. The van der Waals surface area contributed by atoms with Crippen LogP contribution in [0.2, 0.25) is 0 Å². The van der Waals surface area contributed by atoms with Crippen molar-refractivity contribution in [1.29, 1.82) is 10.5 Å². The molecule has 0 amide bonds. The van der Waals surface area contributed by atoms with Crippen LogP contribution in [0.4, 0.5) is 0 Å². The fraction of sp³-hybridized carbons (Fsp3) is 0.267. The van der Waals surface area contributed by atoms with Gasteiger partial charge in [-0.15, -0.1) is 0 Å². The van der Waals surface area contributed by atoms with E-state index >= 15 is 0 Å². The van der Waals surface area contributed by atoms with Gasteiger partial charge in [-0.05, 0) is 37.6 Å². The van der Waals surface area contributed by atoms with Crippen molar-refractivity contribution in [1.82, 2.24) is 0 Å². The van der Waals surface area contributed by atoms with E-state index < -0.39 is 0 Å². The standard InChI is InChI=1S/C15H13N3O/c1-15(2)10-19-14(18-15)13(9-17)7-11-3-5-12(8-16)6-4-11/h3-7H,10H2,1-2H3/b13-7-. The Morgan fingerprint density at radius 1 is 1.32 bits per heavy atom. The Hall–Kier alpha value is -2.59. The van der Waals surface area contributed by atoms with Gasteiger partial charge >= 0.3 is 0 Å². The van der Waals surface area contributed by atoms with Gasteiger partial charge in [-0.3, -0.25) is 0 Å². The molecule has 0 atom stereocenters. The van der Waals surface area contributed by atoms with Crippen molar-refractivity contribution in [2.75, 3.05) is 6.61 Å². The first-order valence-electron chi connectivity index (χ1n) is 5.89. The topological polar surface area (TPSA) is 69.2 Å². The predicted molar refractivity (Wildman–Crippen MR) is 72.2 cm³/mol. The van der Waals surface area contributed by atoms with Gasteiger partial charge in [0, 0.05) is 0 Å². The van der Waals surface area contributed by atoms with Gasteiger partial charge in [-0.1, -0.05) is 12.1 Å². The molecule has 0 saturated heterocycles. The van der Waals surface area contributed by atoms with Crippen LogP contribution in [0.3, 0.4) is 0 Å². The molecular formula is C15H13N3O. The van der Waals surface area contributed by atoms with Crippen molar-refractivity contribution in [2.24, 2.45) is 4.99 Å². The maximum atomic E-state index is 9.19. The monoisotopic (exact) mass is 251 g/mol. The van der Waals surface area contributed by atoms with Gasteiger partial charge in [-0.25, -0.2) is 4.99 Å². The Labute approximate surface area is 112 Å². The molecule has 0 bridgehead atoms. The number of nitriles is 2. The first kappa shape index (κ1) is 12.9. The van der Waals surface area contributed by atoms with Gasteiger partial charge in [0.15, 0.2) is 0 Å². The van der Waals surface area contributed by atoms with Crippen molar-refractivity contribution in [2.45, 2.75) is 19.4 Å². The molecule has 4 heteroatoms. The molecule has 2 rings (SSSR count). The van der Waals surface area contributed by atoms with Crippen molar-refractivity contribution in [3.8, 4) is 12.1 Å². The van der Waals surface area contributed by atoms with E-state index in [-0.39, 0.29) is 5.54 Å². The molecule has 94 valence electrons. The molecule has 0 unspecified atom stereocenters. The third-order valence-electron chi connectivity index (χ3n) is 2.67. The summed E-state index contributed by atoms with van der Waals surface area (Å²) >= 11 is 0. The Balaban J connectivity index is 2.30. The Morgan fingerprint density at radius 3 is 2.47 bits per heavy atom. The second-order valence-electron chi connectivity index (χ2n) is 4.92. The highest BCUT2D eigenvalue weighted by Crippen LogP contribution is 2.21. The van der Waals surface area contributed by atoms with E-state index in [4.69, 9.17) is 10.00 Å². The third kappa shape index (κ3) is 3.00. The van der Waals surface area contributed by atoms with Crippen molar-refractivity contribution in [3.05, 3.63) is 41.0 Å². The van der Waals surface area contributed by atoms with Crippen LogP contribution in [0.5, 0.6) is 0 Å². The summed E-state index contributed by atoms with van der Waals surface area (Å²) in [6.07, 6.45) is 1.71. The number of benzene rings is 1. The van der Waals surface area contributed by atoms with E-state index in [1.54, 1.807) is 30.3 Å². The van der Waals surface area contributed by atoms with Gasteiger partial charge in [0.05, 0.1) is 17.2 Å². The molecule has 0 aromatic heterocycles. The molecule has 1 aromatic carbocycles. The van der Waals surface area contributed by atoms with Gasteiger partial charge in [0.25, 0.3) is 0 Å². The number of rotatable bonds is 2. The summed E-state index contributed by atoms with van der Waals surface area (Å²) in [6.45, 7) is 4.39. The summed E-state index contributed by atoms with van der Waals surface area (Å²) in [4.78, 5) is 4.37. The quantitative estimate of drug-likeness (QED) is 0.759. The Bertz CT molecular complexity index is 625. The van der Waals surface area contributed by atoms with Crippen LogP contribution >= 0.6 is 0 Å². The SMILES string of the molecule is CC1(C)COC(/C(C#N)=C\c2ccc(C#N)cc2)=N1. The zero-order chi connectivity index (χ0) is 13.9. The molecule has 4 nitrogen and oxygen atoms in total. The van der Waals surface area contributed by atoms with E-state index in [0.29, 0.717) is 23.6 Å². The maximum absolute atomic E-state index is 9.19. The molecule has 19 heavy (non-hydrogen) atoms. The van der Waals surface area contributed by atoms with Crippen LogP contribution < -0.4 is 0 Å². The zero-order valence-electron chi connectivity index (χ0n) is 10.8. The largest absolute Gasteiger partial charge is 0.474 e. The second kappa shape index (κ2) is 4.96. The van der Waals surface area contributed by atoms with Gasteiger partial charge in [-0.2, -0.15) is 10.5 Å². The number of aliphatic imine (C=N–C) groups is 1. The lowest BCUT2D eigenvalue weighted by atomic mass is 10.1. The van der Waals surface area contributed by atoms with Crippen molar-refractivity contribution < 1.29 is 4.74 Å². The number of nitrogens with zero attached hydrogens (tertiary/aromatic N) is 3. The summed E-state index contributed by atoms with van der Waals surface area (Å²) in [5.74, 6) is 0.386. The average Bonchev–Trinajstić information content (AvgIpc) is 2.77. The minimum absolute atomic E-state index is 0.282. The van der Waals surface area contributed by atoms with Crippen LogP contribution in [0.15, 0.2) is 34.8 Å². The van der Waals surface area contributed by atoms with Gasteiger partial charge < -0.3 is 4.74 Å². The smallest absolute Gasteiger partial charge is 0.227 e. The molecule has 1 aliphatic heterocycles. The lowest BCUT2D eigenvalue weighted by molar-refractivity contribution is 0.279. The first-order valence-corrected chi connectivity index (χ1v) is 5.89. The molecule has 0 saturated carbocycles. The summed E-state index contributed by atoms with van der Waals surface area (Å²) in [5.41, 5.74) is 1.55. The van der Waals surface area contributed by atoms with Gasteiger partial charge in [0.2, 0.25) is 5.90 Å². The summed E-state index contributed by atoms with van der Waals surface area (Å²) in [6, 6.07) is 11.1. The first-order chi connectivity index (χ1) is 9.04. The molecule has 0 fully saturated rings. The molecular weight excluding hydrogens is 238 g/mol. The minimum Gasteiger partial charge on any atom is -0.474 e. The highest BCUT2D eigenvalue weighted by Gasteiger charge is 2.28. The molecule has 1 aromatic rings. The van der Waals surface area contributed by atoms with Crippen molar-refractivity contribution >= 4 is 12.0 Å². The number of hydrogen-bond acceptors (Lipinski definition) is 4. The third-order valence-corrected chi connectivity index (χ3v) is 2.67. The van der Waals surface area contributed by atoms with Crippen LogP contribution in [-0.2, 0) is 4.74 Å². The number of ether oxygens (including phenoxy) is 1.